The zero-order valence-electron chi connectivity index (χ0n) is 12.6. The van der Waals surface area contributed by atoms with Crippen LogP contribution in [0, 0.1) is 6.92 Å². The Morgan fingerprint density at radius 3 is 2.70 bits per heavy atom. The van der Waals surface area contributed by atoms with Gasteiger partial charge in [-0.1, -0.05) is 35.0 Å². The highest BCUT2D eigenvalue weighted by Crippen LogP contribution is 2.26. The van der Waals surface area contributed by atoms with Crippen LogP contribution in [-0.2, 0) is 6.54 Å². The van der Waals surface area contributed by atoms with Gasteiger partial charge in [0.1, 0.15) is 5.69 Å². The maximum atomic E-state index is 11.2. The average Bonchev–Trinajstić information content (AvgIpc) is 2.99. The number of hydrogen-bond acceptors (Lipinski definition) is 4. The lowest BCUT2D eigenvalue weighted by atomic mass is 10.1. The average molecular weight is 308 g/mol. The molecule has 0 unspecified atom stereocenters. The van der Waals surface area contributed by atoms with Crippen molar-refractivity contribution < 1.29 is 9.90 Å². The summed E-state index contributed by atoms with van der Waals surface area (Å²) < 4.78 is 1.63. The summed E-state index contributed by atoms with van der Waals surface area (Å²) in [6.45, 7) is 2.26. The Bertz CT molecular complexity index is 871. The van der Waals surface area contributed by atoms with Crippen molar-refractivity contribution in [2.75, 3.05) is 0 Å². The summed E-state index contributed by atoms with van der Waals surface area (Å²) in [4.78, 5) is 11.2. The van der Waals surface area contributed by atoms with E-state index in [1.807, 2.05) is 31.2 Å². The van der Waals surface area contributed by atoms with Gasteiger partial charge in [-0.3, -0.25) is 0 Å². The molecule has 3 rings (SSSR count). The second kappa shape index (κ2) is 6.02. The highest BCUT2D eigenvalue weighted by molar-refractivity contribution is 5.88. The molecule has 1 heterocycles. The number of aromatic nitrogens is 3. The summed E-state index contributed by atoms with van der Waals surface area (Å²) >= 11 is 0. The van der Waals surface area contributed by atoms with Gasteiger partial charge in [-0.15, -0.1) is 5.10 Å². The highest BCUT2D eigenvalue weighted by atomic mass is 16.4. The van der Waals surface area contributed by atoms with E-state index in [1.54, 1.807) is 28.9 Å². The summed E-state index contributed by atoms with van der Waals surface area (Å²) in [6.07, 6.45) is 0. The van der Waals surface area contributed by atoms with Crippen LogP contribution in [0.15, 0.2) is 48.5 Å². The molecule has 6 nitrogen and oxygen atoms in total. The normalized spacial score (nSPS) is 10.7. The Hall–Kier alpha value is -2.99. The third-order valence-corrected chi connectivity index (χ3v) is 3.56. The van der Waals surface area contributed by atoms with E-state index in [2.05, 4.69) is 10.3 Å². The van der Waals surface area contributed by atoms with Crippen LogP contribution >= 0.6 is 0 Å². The van der Waals surface area contributed by atoms with Gasteiger partial charge in [0.05, 0.1) is 16.9 Å². The van der Waals surface area contributed by atoms with Crippen molar-refractivity contribution in [3.63, 3.8) is 0 Å². The molecule has 0 aliphatic heterocycles. The molecule has 0 saturated heterocycles. The molecule has 3 N–H and O–H groups in total. The molecule has 0 atom stereocenters. The van der Waals surface area contributed by atoms with E-state index < -0.39 is 5.97 Å². The van der Waals surface area contributed by atoms with E-state index >= 15 is 0 Å². The van der Waals surface area contributed by atoms with Crippen LogP contribution in [-0.4, -0.2) is 26.1 Å². The Labute approximate surface area is 133 Å². The predicted octanol–water partition coefficient (Wildman–Crippen LogP) is 2.40. The Kier molecular flexibility index (Phi) is 3.91. The second-order valence-corrected chi connectivity index (χ2v) is 5.23. The third kappa shape index (κ3) is 2.84. The van der Waals surface area contributed by atoms with Crippen molar-refractivity contribution in [1.82, 2.24) is 15.0 Å². The van der Waals surface area contributed by atoms with Gasteiger partial charge in [0.2, 0.25) is 0 Å². The first-order valence-electron chi connectivity index (χ1n) is 7.15. The molecule has 0 aliphatic carbocycles. The number of benzene rings is 2. The highest BCUT2D eigenvalue weighted by Gasteiger charge is 2.16. The third-order valence-electron chi connectivity index (χ3n) is 3.56. The molecule has 6 heteroatoms. The van der Waals surface area contributed by atoms with Crippen LogP contribution in [0.25, 0.3) is 16.9 Å². The number of carboxylic acids is 1. The number of rotatable bonds is 4. The van der Waals surface area contributed by atoms with Crippen molar-refractivity contribution >= 4 is 5.97 Å². The van der Waals surface area contributed by atoms with Gasteiger partial charge in [0.25, 0.3) is 0 Å². The SMILES string of the molecule is Cc1cccc(-c2c(CN)nnn2-c2cccc(C(=O)O)c2)c1. The van der Waals surface area contributed by atoms with Crippen LogP contribution in [0.2, 0.25) is 0 Å². The Morgan fingerprint density at radius 2 is 2.00 bits per heavy atom. The fourth-order valence-electron chi connectivity index (χ4n) is 2.48. The minimum absolute atomic E-state index is 0.197. The number of nitrogens with two attached hydrogens (primary N) is 1. The molecule has 0 aliphatic rings. The van der Waals surface area contributed by atoms with Crippen molar-refractivity contribution in [3.8, 4) is 16.9 Å². The second-order valence-electron chi connectivity index (χ2n) is 5.23. The largest absolute Gasteiger partial charge is 0.478 e. The molecule has 0 saturated carbocycles. The first-order chi connectivity index (χ1) is 11.1. The standard InChI is InChI=1S/C17H16N4O2/c1-11-4-2-5-12(8-11)16-15(10-18)19-20-21(16)14-7-3-6-13(9-14)17(22)23/h2-9H,10,18H2,1H3,(H,22,23). The summed E-state index contributed by atoms with van der Waals surface area (Å²) in [5.41, 5.74) is 10.1. The Balaban J connectivity index is 2.20. The summed E-state index contributed by atoms with van der Waals surface area (Å²) in [5, 5.41) is 17.5. The van der Waals surface area contributed by atoms with Crippen LogP contribution in [0.3, 0.4) is 0 Å². The lowest BCUT2D eigenvalue weighted by Gasteiger charge is -2.09. The first-order valence-corrected chi connectivity index (χ1v) is 7.15. The van der Waals surface area contributed by atoms with Gasteiger partial charge >= 0.3 is 5.97 Å². The molecule has 1 aromatic heterocycles. The van der Waals surface area contributed by atoms with E-state index in [0.717, 1.165) is 16.8 Å². The number of carboxylic acid groups (broad SMARTS) is 1. The molecule has 2 aromatic carbocycles. The summed E-state index contributed by atoms with van der Waals surface area (Å²) in [7, 11) is 0. The van der Waals surface area contributed by atoms with Gasteiger partial charge in [-0.2, -0.15) is 0 Å². The van der Waals surface area contributed by atoms with Gasteiger partial charge in [0.15, 0.2) is 0 Å². The molecule has 0 bridgehead atoms. The maximum absolute atomic E-state index is 11.2. The van der Waals surface area contributed by atoms with Crippen molar-refractivity contribution in [3.05, 3.63) is 65.4 Å². The van der Waals surface area contributed by atoms with Gasteiger partial charge < -0.3 is 10.8 Å². The number of aromatic carboxylic acids is 1. The fourth-order valence-corrected chi connectivity index (χ4v) is 2.48. The number of aryl methyl sites for hydroxylation is 1. The van der Waals surface area contributed by atoms with Crippen LogP contribution in [0.5, 0.6) is 0 Å². The molecule has 3 aromatic rings. The maximum Gasteiger partial charge on any atom is 0.335 e. The molecular weight excluding hydrogens is 292 g/mol. The molecule has 0 fully saturated rings. The van der Waals surface area contributed by atoms with Gasteiger partial charge in [0, 0.05) is 12.1 Å². The minimum Gasteiger partial charge on any atom is -0.478 e. The molecular formula is C17H16N4O2. The predicted molar refractivity (Wildman–Crippen MR) is 86.4 cm³/mol. The topological polar surface area (TPSA) is 94.0 Å². The molecule has 0 amide bonds. The fraction of sp³-hybridized carbons (Fsp3) is 0.118. The summed E-state index contributed by atoms with van der Waals surface area (Å²) in [6, 6.07) is 14.5. The number of carbonyl (C=O) groups is 1. The molecule has 23 heavy (non-hydrogen) atoms. The van der Waals surface area contributed by atoms with Crippen molar-refractivity contribution in [2.45, 2.75) is 13.5 Å². The van der Waals surface area contributed by atoms with E-state index in [9.17, 15) is 4.79 Å². The van der Waals surface area contributed by atoms with Crippen LogP contribution in [0.4, 0.5) is 0 Å². The van der Waals surface area contributed by atoms with Crippen LogP contribution in [0.1, 0.15) is 21.6 Å². The monoisotopic (exact) mass is 308 g/mol. The quantitative estimate of drug-likeness (QED) is 0.772. The van der Waals surface area contributed by atoms with E-state index in [4.69, 9.17) is 10.8 Å². The zero-order valence-corrected chi connectivity index (χ0v) is 12.6. The van der Waals surface area contributed by atoms with Crippen LogP contribution < -0.4 is 5.73 Å². The van der Waals surface area contributed by atoms with Gasteiger partial charge in [-0.25, -0.2) is 9.48 Å². The van der Waals surface area contributed by atoms with E-state index in [-0.39, 0.29) is 12.1 Å². The smallest absolute Gasteiger partial charge is 0.335 e. The molecule has 0 radical (unpaired) electrons. The van der Waals surface area contributed by atoms with E-state index in [0.29, 0.717) is 11.4 Å². The zero-order chi connectivity index (χ0) is 16.4. The first kappa shape index (κ1) is 14.9. The minimum atomic E-state index is -0.983. The molecule has 116 valence electrons. The van der Waals surface area contributed by atoms with Crippen molar-refractivity contribution in [2.24, 2.45) is 5.73 Å². The van der Waals surface area contributed by atoms with Gasteiger partial charge in [-0.05, 0) is 31.2 Å². The summed E-state index contributed by atoms with van der Waals surface area (Å²) in [5.74, 6) is -0.983. The Morgan fingerprint density at radius 1 is 1.22 bits per heavy atom. The molecule has 0 spiro atoms. The lowest BCUT2D eigenvalue weighted by Crippen LogP contribution is -2.04. The lowest BCUT2D eigenvalue weighted by molar-refractivity contribution is 0.0697. The number of hydrogen-bond donors (Lipinski definition) is 2. The number of nitrogens with zero attached hydrogens (tertiary/aromatic N) is 3. The van der Waals surface area contributed by atoms with Crippen molar-refractivity contribution in [1.29, 1.82) is 0 Å². The van der Waals surface area contributed by atoms with E-state index in [1.165, 1.54) is 0 Å².